The highest BCUT2D eigenvalue weighted by Crippen LogP contribution is 2.49. The van der Waals surface area contributed by atoms with Gasteiger partial charge < -0.3 is 9.80 Å². The van der Waals surface area contributed by atoms with Crippen LogP contribution < -0.4 is 4.90 Å². The van der Waals surface area contributed by atoms with Crippen LogP contribution in [-0.2, 0) is 23.3 Å². The van der Waals surface area contributed by atoms with Crippen LogP contribution in [-0.4, -0.2) is 45.2 Å². The van der Waals surface area contributed by atoms with E-state index in [1.165, 1.54) is 5.56 Å². The van der Waals surface area contributed by atoms with E-state index in [4.69, 9.17) is 33.4 Å². The van der Waals surface area contributed by atoms with Gasteiger partial charge in [-0.1, -0.05) is 84.2 Å². The summed E-state index contributed by atoms with van der Waals surface area (Å²) in [5.74, 6) is 1.79. The first-order chi connectivity index (χ1) is 18.5. The molecule has 0 atom stereocenters. The van der Waals surface area contributed by atoms with Gasteiger partial charge in [0.15, 0.2) is 0 Å². The second-order valence-electron chi connectivity index (χ2n) is 10.2. The van der Waals surface area contributed by atoms with Gasteiger partial charge in [-0.25, -0.2) is 0 Å². The van der Waals surface area contributed by atoms with E-state index in [-0.39, 0.29) is 17.9 Å². The first kappa shape index (κ1) is 25.0. The molecule has 1 aliphatic heterocycles. The van der Waals surface area contributed by atoms with Crippen LogP contribution in [0.2, 0.25) is 10.0 Å². The van der Waals surface area contributed by atoms with Gasteiger partial charge >= 0.3 is 0 Å². The van der Waals surface area contributed by atoms with Gasteiger partial charge in [-0.05, 0) is 53.8 Å². The molecule has 1 saturated carbocycles. The van der Waals surface area contributed by atoms with E-state index in [1.54, 1.807) is 0 Å². The van der Waals surface area contributed by atoms with Crippen LogP contribution in [0.25, 0.3) is 0 Å². The standard InChI is InChI=1S/C30H29Cl2N5O/c31-25-11-7-22(8-12-25)19-35-17-18-36(21-27(35)38)29-34-33-28(37(29)20-23-9-13-26(32)14-10-23)30(15-4-16-30)24-5-2-1-3-6-24/h1-3,5-14H,4,15-21H2. The SMILES string of the molecule is O=C1CN(c2nnc(C3(c4ccccc4)CCC3)n2Cc2ccc(Cl)cc2)CCN1Cc1ccc(Cl)cc1. The molecule has 1 amide bonds. The number of aromatic nitrogens is 3. The summed E-state index contributed by atoms with van der Waals surface area (Å²) >= 11 is 12.2. The fourth-order valence-corrected chi connectivity index (χ4v) is 5.84. The molecule has 1 aliphatic carbocycles. The Balaban J connectivity index is 1.31. The molecule has 6 rings (SSSR count). The van der Waals surface area contributed by atoms with Gasteiger partial charge in [0.05, 0.1) is 18.5 Å². The topological polar surface area (TPSA) is 54.3 Å². The minimum Gasteiger partial charge on any atom is -0.335 e. The van der Waals surface area contributed by atoms with Gasteiger partial charge in [-0.15, -0.1) is 10.2 Å². The minimum absolute atomic E-state index is 0.0789. The third-order valence-electron chi connectivity index (χ3n) is 7.83. The van der Waals surface area contributed by atoms with Gasteiger partial charge in [-0.3, -0.25) is 9.36 Å². The van der Waals surface area contributed by atoms with Crippen LogP contribution >= 0.6 is 23.2 Å². The highest BCUT2D eigenvalue weighted by atomic mass is 35.5. The largest absolute Gasteiger partial charge is 0.335 e. The molecule has 1 aromatic heterocycles. The maximum absolute atomic E-state index is 13.2. The molecule has 0 radical (unpaired) electrons. The van der Waals surface area contributed by atoms with Crippen LogP contribution in [0.15, 0.2) is 78.9 Å². The molecule has 3 aromatic carbocycles. The Bertz CT molecular complexity index is 1420. The Morgan fingerprint density at radius 1 is 0.763 bits per heavy atom. The van der Waals surface area contributed by atoms with E-state index >= 15 is 0 Å². The Kier molecular flexibility index (Phi) is 6.85. The predicted molar refractivity (Wildman–Crippen MR) is 151 cm³/mol. The molecule has 194 valence electrons. The van der Waals surface area contributed by atoms with Crippen molar-refractivity contribution < 1.29 is 4.79 Å². The number of anilines is 1. The van der Waals surface area contributed by atoms with E-state index in [0.717, 1.165) is 42.2 Å². The zero-order valence-electron chi connectivity index (χ0n) is 21.1. The van der Waals surface area contributed by atoms with Crippen molar-refractivity contribution in [2.45, 2.75) is 37.8 Å². The number of hydrogen-bond acceptors (Lipinski definition) is 4. The Labute approximate surface area is 232 Å². The highest BCUT2D eigenvalue weighted by Gasteiger charge is 2.45. The molecule has 1 saturated heterocycles. The van der Waals surface area contributed by atoms with E-state index < -0.39 is 0 Å². The monoisotopic (exact) mass is 545 g/mol. The summed E-state index contributed by atoms with van der Waals surface area (Å²) in [4.78, 5) is 17.2. The van der Waals surface area contributed by atoms with E-state index in [9.17, 15) is 4.79 Å². The summed E-state index contributed by atoms with van der Waals surface area (Å²) < 4.78 is 2.22. The first-order valence-electron chi connectivity index (χ1n) is 13.0. The molecule has 2 aliphatic rings. The summed E-state index contributed by atoms with van der Waals surface area (Å²) in [6, 6.07) is 26.2. The first-order valence-corrected chi connectivity index (χ1v) is 13.8. The lowest BCUT2D eigenvalue weighted by Crippen LogP contribution is -2.51. The molecule has 0 unspecified atom stereocenters. The van der Waals surface area contributed by atoms with Crippen molar-refractivity contribution in [1.29, 1.82) is 0 Å². The Hall–Kier alpha value is -3.35. The van der Waals surface area contributed by atoms with Crippen LogP contribution in [0.3, 0.4) is 0 Å². The number of nitrogens with zero attached hydrogens (tertiary/aromatic N) is 5. The van der Waals surface area contributed by atoms with Crippen LogP contribution in [0.1, 0.15) is 41.8 Å². The smallest absolute Gasteiger partial charge is 0.242 e. The van der Waals surface area contributed by atoms with Gasteiger partial charge in [0, 0.05) is 29.7 Å². The zero-order valence-corrected chi connectivity index (χ0v) is 22.6. The fourth-order valence-electron chi connectivity index (χ4n) is 5.59. The number of carbonyl (C=O) groups is 1. The van der Waals surface area contributed by atoms with E-state index in [0.29, 0.717) is 36.2 Å². The lowest BCUT2D eigenvalue weighted by atomic mass is 9.64. The molecule has 6 nitrogen and oxygen atoms in total. The number of benzene rings is 3. The quantitative estimate of drug-likeness (QED) is 0.288. The summed E-state index contributed by atoms with van der Waals surface area (Å²) in [5, 5.41) is 10.9. The number of amides is 1. The lowest BCUT2D eigenvalue weighted by molar-refractivity contribution is -0.131. The van der Waals surface area contributed by atoms with Crippen molar-refractivity contribution in [3.63, 3.8) is 0 Å². The van der Waals surface area contributed by atoms with Gasteiger partial charge in [0.25, 0.3) is 0 Å². The average molecular weight is 547 g/mol. The normalized spacial score (nSPS) is 16.9. The Morgan fingerprint density at radius 3 is 1.97 bits per heavy atom. The van der Waals surface area contributed by atoms with Crippen LogP contribution in [0.5, 0.6) is 0 Å². The van der Waals surface area contributed by atoms with Crippen LogP contribution in [0, 0.1) is 0 Å². The van der Waals surface area contributed by atoms with Crippen molar-refractivity contribution in [3.8, 4) is 0 Å². The molecule has 0 spiro atoms. The molecule has 2 fully saturated rings. The second kappa shape index (κ2) is 10.4. The number of hydrogen-bond donors (Lipinski definition) is 0. The van der Waals surface area contributed by atoms with Gasteiger partial charge in [-0.2, -0.15) is 0 Å². The number of piperazine rings is 1. The predicted octanol–water partition coefficient (Wildman–Crippen LogP) is 5.95. The molecular formula is C30H29Cl2N5O. The fraction of sp³-hybridized carbons (Fsp3) is 0.300. The minimum atomic E-state index is -0.167. The summed E-state index contributed by atoms with van der Waals surface area (Å²) in [5.41, 5.74) is 3.29. The number of rotatable bonds is 7. The van der Waals surface area contributed by atoms with Crippen molar-refractivity contribution in [2.75, 3.05) is 24.5 Å². The highest BCUT2D eigenvalue weighted by molar-refractivity contribution is 6.30. The van der Waals surface area contributed by atoms with Crippen molar-refractivity contribution in [3.05, 3.63) is 111 Å². The maximum atomic E-state index is 13.2. The lowest BCUT2D eigenvalue weighted by Gasteiger charge is -2.42. The second-order valence-corrected chi connectivity index (χ2v) is 11.1. The zero-order chi connectivity index (χ0) is 26.1. The molecule has 0 N–H and O–H groups in total. The van der Waals surface area contributed by atoms with Gasteiger partial charge in [0.2, 0.25) is 11.9 Å². The molecule has 0 bridgehead atoms. The summed E-state index contributed by atoms with van der Waals surface area (Å²) in [6.07, 6.45) is 3.22. The van der Waals surface area contributed by atoms with Crippen molar-refractivity contribution in [2.24, 2.45) is 0 Å². The van der Waals surface area contributed by atoms with Gasteiger partial charge in [0.1, 0.15) is 5.82 Å². The number of carbonyl (C=O) groups excluding carboxylic acids is 1. The Morgan fingerprint density at radius 2 is 1.39 bits per heavy atom. The van der Waals surface area contributed by atoms with E-state index in [1.807, 2.05) is 53.4 Å². The number of halogens is 2. The molecule has 2 heterocycles. The average Bonchev–Trinajstić information content (AvgIpc) is 3.31. The van der Waals surface area contributed by atoms with Crippen molar-refractivity contribution in [1.82, 2.24) is 19.7 Å². The maximum Gasteiger partial charge on any atom is 0.242 e. The molecular weight excluding hydrogens is 517 g/mol. The summed E-state index contributed by atoms with van der Waals surface area (Å²) in [6.45, 7) is 2.77. The third-order valence-corrected chi connectivity index (χ3v) is 8.34. The van der Waals surface area contributed by atoms with Crippen LogP contribution in [0.4, 0.5) is 5.95 Å². The van der Waals surface area contributed by atoms with E-state index in [2.05, 4.69) is 39.8 Å². The van der Waals surface area contributed by atoms with Crippen molar-refractivity contribution >= 4 is 35.1 Å². The molecule has 4 aromatic rings. The summed E-state index contributed by atoms with van der Waals surface area (Å²) in [7, 11) is 0. The molecule has 8 heteroatoms. The molecule has 38 heavy (non-hydrogen) atoms. The third kappa shape index (κ3) is 4.79.